The Morgan fingerprint density at radius 3 is 2.65 bits per heavy atom. The van der Waals surface area contributed by atoms with Gasteiger partial charge in [0.2, 0.25) is 0 Å². The summed E-state index contributed by atoms with van der Waals surface area (Å²) < 4.78 is 5.79. The fourth-order valence-corrected chi connectivity index (χ4v) is 2.32. The van der Waals surface area contributed by atoms with Gasteiger partial charge in [-0.2, -0.15) is 5.26 Å². The molecule has 0 fully saturated rings. The number of aliphatic hydroxyl groups is 1. The molecule has 0 amide bonds. The highest BCUT2D eigenvalue weighted by Crippen LogP contribution is 2.31. The molecule has 0 aromatic heterocycles. The number of para-hydroxylation sites is 1. The number of aliphatic hydroxyl groups excluding tert-OH is 1. The van der Waals surface area contributed by atoms with Crippen LogP contribution in [0.5, 0.6) is 5.75 Å². The molecule has 0 saturated carbocycles. The van der Waals surface area contributed by atoms with Crippen molar-refractivity contribution in [3.05, 3.63) is 71.3 Å². The molecule has 98 valence electrons. The van der Waals surface area contributed by atoms with E-state index < -0.39 is 12.2 Å². The summed E-state index contributed by atoms with van der Waals surface area (Å²) >= 11 is 0. The van der Waals surface area contributed by atoms with Gasteiger partial charge in [-0.3, -0.25) is 0 Å². The first-order chi connectivity index (χ1) is 9.79. The van der Waals surface area contributed by atoms with Crippen LogP contribution in [0.2, 0.25) is 0 Å². The number of fused-ring (bicyclic) bond motifs is 1. The number of benzene rings is 2. The summed E-state index contributed by atoms with van der Waals surface area (Å²) in [5, 5.41) is 19.4. The van der Waals surface area contributed by atoms with Gasteiger partial charge in [0.15, 0.2) is 0 Å². The molecule has 0 aliphatic heterocycles. The van der Waals surface area contributed by atoms with Gasteiger partial charge in [0.1, 0.15) is 24.0 Å². The van der Waals surface area contributed by atoms with Crippen LogP contribution in [0.15, 0.2) is 54.6 Å². The van der Waals surface area contributed by atoms with Crippen LogP contribution in [0.25, 0.3) is 6.08 Å². The van der Waals surface area contributed by atoms with Crippen LogP contribution in [0.4, 0.5) is 0 Å². The molecule has 2 atom stereocenters. The third kappa shape index (κ3) is 2.18. The van der Waals surface area contributed by atoms with Crippen molar-refractivity contribution in [2.75, 3.05) is 0 Å². The van der Waals surface area contributed by atoms with Crippen LogP contribution in [0.1, 0.15) is 22.8 Å². The first kappa shape index (κ1) is 12.5. The van der Waals surface area contributed by atoms with Gasteiger partial charge in [-0.15, -0.1) is 0 Å². The van der Waals surface area contributed by atoms with Gasteiger partial charge in [0, 0.05) is 0 Å². The quantitative estimate of drug-likeness (QED) is 0.906. The molecule has 0 spiro atoms. The van der Waals surface area contributed by atoms with Gasteiger partial charge in [0.25, 0.3) is 0 Å². The minimum Gasteiger partial charge on any atom is -0.482 e. The van der Waals surface area contributed by atoms with Crippen LogP contribution in [-0.4, -0.2) is 11.2 Å². The molecule has 1 N–H and O–H groups in total. The van der Waals surface area contributed by atoms with Crippen molar-refractivity contribution in [3.63, 3.8) is 0 Å². The van der Waals surface area contributed by atoms with Crippen LogP contribution in [0, 0.1) is 11.3 Å². The minimum atomic E-state index is -0.733. The van der Waals surface area contributed by atoms with Gasteiger partial charge < -0.3 is 9.84 Å². The summed E-state index contributed by atoms with van der Waals surface area (Å²) in [6.07, 6.45) is 2.53. The molecule has 0 heterocycles. The number of nitriles is 1. The molecule has 2 aromatic carbocycles. The summed E-state index contributed by atoms with van der Waals surface area (Å²) in [5.74, 6) is 0.489. The second-order valence-corrected chi connectivity index (χ2v) is 4.62. The first-order valence-electron chi connectivity index (χ1n) is 6.40. The summed E-state index contributed by atoms with van der Waals surface area (Å²) in [6, 6.07) is 16.8. The van der Waals surface area contributed by atoms with Crippen molar-refractivity contribution in [1.82, 2.24) is 0 Å². The fourth-order valence-electron chi connectivity index (χ4n) is 2.32. The smallest absolute Gasteiger partial charge is 0.147 e. The number of ether oxygens (including phenoxy) is 1. The standard InChI is InChI=1S/C17H13NO2/c18-11-13-6-2-4-8-15(13)20-16-10-9-12-5-1-3-7-14(12)17(16)19/h1-10,16-17,19H/t16-,17-/m0/s1. The predicted molar refractivity (Wildman–Crippen MR) is 76.0 cm³/mol. The Bertz CT molecular complexity index is 700. The Labute approximate surface area is 117 Å². The molecule has 3 heteroatoms. The summed E-state index contributed by atoms with van der Waals surface area (Å²) in [7, 11) is 0. The fraction of sp³-hybridized carbons (Fsp3) is 0.118. The highest BCUT2D eigenvalue weighted by molar-refractivity contribution is 5.58. The molecule has 0 bridgehead atoms. The molecule has 0 unspecified atom stereocenters. The Morgan fingerprint density at radius 2 is 1.80 bits per heavy atom. The lowest BCUT2D eigenvalue weighted by atomic mass is 9.93. The van der Waals surface area contributed by atoms with Crippen molar-refractivity contribution in [3.8, 4) is 11.8 Å². The maximum absolute atomic E-state index is 10.4. The summed E-state index contributed by atoms with van der Waals surface area (Å²) in [4.78, 5) is 0. The normalized spacial score (nSPS) is 20.0. The average molecular weight is 263 g/mol. The topological polar surface area (TPSA) is 53.2 Å². The third-order valence-corrected chi connectivity index (χ3v) is 3.36. The van der Waals surface area contributed by atoms with Crippen molar-refractivity contribution in [2.24, 2.45) is 0 Å². The van der Waals surface area contributed by atoms with E-state index in [0.29, 0.717) is 11.3 Å². The summed E-state index contributed by atoms with van der Waals surface area (Å²) in [6.45, 7) is 0. The van der Waals surface area contributed by atoms with E-state index in [2.05, 4.69) is 6.07 Å². The summed E-state index contributed by atoms with van der Waals surface area (Å²) in [5.41, 5.74) is 2.30. The van der Waals surface area contributed by atoms with Crippen molar-refractivity contribution >= 4 is 6.08 Å². The SMILES string of the molecule is N#Cc1ccccc1O[C@H]1C=Cc2ccccc2[C@@H]1O. The van der Waals surface area contributed by atoms with Crippen molar-refractivity contribution < 1.29 is 9.84 Å². The molecule has 0 saturated heterocycles. The molecule has 0 radical (unpaired) electrons. The highest BCUT2D eigenvalue weighted by Gasteiger charge is 2.26. The van der Waals surface area contributed by atoms with Gasteiger partial charge in [-0.25, -0.2) is 0 Å². The Balaban J connectivity index is 1.89. The van der Waals surface area contributed by atoms with Crippen molar-refractivity contribution in [1.29, 1.82) is 5.26 Å². The maximum atomic E-state index is 10.4. The molecule has 3 rings (SSSR count). The van der Waals surface area contributed by atoms with Gasteiger partial charge in [-0.05, 0) is 29.3 Å². The number of nitrogens with zero attached hydrogens (tertiary/aromatic N) is 1. The number of hydrogen-bond donors (Lipinski definition) is 1. The molecule has 20 heavy (non-hydrogen) atoms. The largest absolute Gasteiger partial charge is 0.482 e. The van der Waals surface area contributed by atoms with E-state index in [1.807, 2.05) is 42.5 Å². The van der Waals surface area contributed by atoms with Gasteiger partial charge in [0.05, 0.1) is 5.56 Å². The Hall–Kier alpha value is -2.57. The number of rotatable bonds is 2. The van der Waals surface area contributed by atoms with E-state index in [1.165, 1.54) is 0 Å². The molecular formula is C17H13NO2. The Morgan fingerprint density at radius 1 is 1.05 bits per heavy atom. The lowest BCUT2D eigenvalue weighted by molar-refractivity contribution is 0.0621. The van der Waals surface area contributed by atoms with Crippen LogP contribution in [0.3, 0.4) is 0 Å². The van der Waals surface area contributed by atoms with Crippen LogP contribution in [-0.2, 0) is 0 Å². The molecular weight excluding hydrogens is 250 g/mol. The van der Waals surface area contributed by atoms with E-state index in [0.717, 1.165) is 11.1 Å². The van der Waals surface area contributed by atoms with E-state index >= 15 is 0 Å². The minimum absolute atomic E-state index is 0.465. The van der Waals surface area contributed by atoms with Gasteiger partial charge >= 0.3 is 0 Å². The number of hydrogen-bond acceptors (Lipinski definition) is 3. The molecule has 1 aliphatic rings. The van der Waals surface area contributed by atoms with E-state index in [9.17, 15) is 5.11 Å². The lowest BCUT2D eigenvalue weighted by Gasteiger charge is -2.26. The second-order valence-electron chi connectivity index (χ2n) is 4.62. The highest BCUT2D eigenvalue weighted by atomic mass is 16.5. The first-order valence-corrected chi connectivity index (χ1v) is 6.40. The third-order valence-electron chi connectivity index (χ3n) is 3.36. The second kappa shape index (κ2) is 5.20. The lowest BCUT2D eigenvalue weighted by Crippen LogP contribution is -2.26. The zero-order valence-electron chi connectivity index (χ0n) is 10.7. The van der Waals surface area contributed by atoms with Crippen LogP contribution >= 0.6 is 0 Å². The zero-order chi connectivity index (χ0) is 13.9. The average Bonchev–Trinajstić information content (AvgIpc) is 2.51. The maximum Gasteiger partial charge on any atom is 0.147 e. The molecule has 2 aromatic rings. The molecule has 3 nitrogen and oxygen atoms in total. The monoisotopic (exact) mass is 263 g/mol. The Kier molecular flexibility index (Phi) is 3.24. The van der Waals surface area contributed by atoms with Crippen LogP contribution < -0.4 is 4.74 Å². The van der Waals surface area contributed by atoms with E-state index in [4.69, 9.17) is 10.00 Å². The zero-order valence-corrected chi connectivity index (χ0v) is 10.7. The predicted octanol–water partition coefficient (Wildman–Crippen LogP) is 3.07. The van der Waals surface area contributed by atoms with E-state index in [-0.39, 0.29) is 0 Å². The van der Waals surface area contributed by atoms with Gasteiger partial charge in [-0.1, -0.05) is 42.5 Å². The molecule has 1 aliphatic carbocycles. The van der Waals surface area contributed by atoms with Crippen molar-refractivity contribution in [2.45, 2.75) is 12.2 Å². The van der Waals surface area contributed by atoms with E-state index in [1.54, 1.807) is 18.2 Å².